The molecule has 0 spiro atoms. The normalized spacial score (nSPS) is 22.2. The summed E-state index contributed by atoms with van der Waals surface area (Å²) in [6.07, 6.45) is -0.609. The topological polar surface area (TPSA) is 138 Å². The molecule has 3 atom stereocenters. The van der Waals surface area contributed by atoms with E-state index in [0.717, 1.165) is 4.31 Å². The standard InChI is InChI=1S/C24H40N4O6S/c1-16(2)14-17(26-22(31)34-23(3,4)5)21(30)27-20-18(29)11-12-24(6,7)15-28(20)35(32,33)19-10-8-9-13-25-19/h8-10,13,16-18,20,29H,11-12,14-15H2,1-7H3,(H,26,31)(H,27,30)/t17?,18-,20?/m0/s1. The van der Waals surface area contributed by atoms with Gasteiger partial charge in [0.25, 0.3) is 10.0 Å². The molecule has 3 N–H and O–H groups in total. The Hall–Kier alpha value is -2.24. The van der Waals surface area contributed by atoms with E-state index in [9.17, 15) is 23.1 Å². The van der Waals surface area contributed by atoms with Gasteiger partial charge in [0.15, 0.2) is 5.03 Å². The number of nitrogens with zero attached hydrogens (tertiary/aromatic N) is 2. The van der Waals surface area contributed by atoms with E-state index in [1.54, 1.807) is 32.9 Å². The van der Waals surface area contributed by atoms with Crippen molar-refractivity contribution in [1.29, 1.82) is 0 Å². The van der Waals surface area contributed by atoms with Gasteiger partial charge < -0.3 is 20.5 Å². The predicted molar refractivity (Wildman–Crippen MR) is 132 cm³/mol. The maximum atomic E-state index is 13.6. The molecule has 0 bridgehead atoms. The molecule has 0 saturated carbocycles. The number of hydrogen-bond donors (Lipinski definition) is 3. The van der Waals surface area contributed by atoms with Crippen molar-refractivity contribution in [1.82, 2.24) is 19.9 Å². The number of pyridine rings is 1. The van der Waals surface area contributed by atoms with E-state index in [-0.39, 0.29) is 17.5 Å². The van der Waals surface area contributed by atoms with Gasteiger partial charge in [0, 0.05) is 12.7 Å². The number of aliphatic hydroxyl groups excluding tert-OH is 1. The summed E-state index contributed by atoms with van der Waals surface area (Å²) < 4.78 is 33.5. The zero-order valence-electron chi connectivity index (χ0n) is 21.7. The van der Waals surface area contributed by atoms with Gasteiger partial charge in [-0.25, -0.2) is 18.2 Å². The van der Waals surface area contributed by atoms with Crippen LogP contribution >= 0.6 is 0 Å². The molecular weight excluding hydrogens is 472 g/mol. The van der Waals surface area contributed by atoms with Crippen molar-refractivity contribution in [3.63, 3.8) is 0 Å². The fraction of sp³-hybridized carbons (Fsp3) is 0.708. The Balaban J connectivity index is 2.38. The van der Waals surface area contributed by atoms with Crippen LogP contribution in [0.3, 0.4) is 0 Å². The van der Waals surface area contributed by atoms with E-state index >= 15 is 0 Å². The first-order chi connectivity index (χ1) is 16.0. The molecule has 2 unspecified atom stereocenters. The van der Waals surface area contributed by atoms with Crippen LogP contribution in [0.5, 0.6) is 0 Å². The third kappa shape index (κ3) is 8.43. The Morgan fingerprint density at radius 3 is 2.49 bits per heavy atom. The van der Waals surface area contributed by atoms with Crippen LogP contribution in [0, 0.1) is 11.3 Å². The van der Waals surface area contributed by atoms with Gasteiger partial charge in [0.1, 0.15) is 17.8 Å². The number of amides is 2. The molecule has 1 aliphatic rings. The highest BCUT2D eigenvalue weighted by Crippen LogP contribution is 2.33. The van der Waals surface area contributed by atoms with Crippen LogP contribution in [0.15, 0.2) is 29.4 Å². The fourth-order valence-electron chi connectivity index (χ4n) is 3.91. The maximum absolute atomic E-state index is 13.6. The van der Waals surface area contributed by atoms with E-state index in [1.165, 1.54) is 12.3 Å². The van der Waals surface area contributed by atoms with Crippen LogP contribution < -0.4 is 10.6 Å². The van der Waals surface area contributed by atoms with Crippen molar-refractivity contribution < 1.29 is 27.9 Å². The maximum Gasteiger partial charge on any atom is 0.408 e. The number of ether oxygens (including phenoxy) is 1. The summed E-state index contributed by atoms with van der Waals surface area (Å²) in [5, 5.41) is 16.1. The molecule has 0 radical (unpaired) electrons. The lowest BCUT2D eigenvalue weighted by Crippen LogP contribution is -2.60. The molecule has 10 nitrogen and oxygen atoms in total. The van der Waals surface area contributed by atoms with Gasteiger partial charge in [-0.2, -0.15) is 4.31 Å². The number of aliphatic hydroxyl groups is 1. The summed E-state index contributed by atoms with van der Waals surface area (Å²) in [6.45, 7) is 12.8. The van der Waals surface area contributed by atoms with Gasteiger partial charge >= 0.3 is 6.09 Å². The van der Waals surface area contributed by atoms with Gasteiger partial charge in [-0.15, -0.1) is 0 Å². The number of rotatable bonds is 7. The van der Waals surface area contributed by atoms with E-state index in [0.29, 0.717) is 19.3 Å². The molecular formula is C24H40N4O6S. The number of nitrogens with one attached hydrogen (secondary N) is 2. The number of carbonyl (C=O) groups excluding carboxylic acids is 2. The first-order valence-electron chi connectivity index (χ1n) is 11.9. The molecule has 1 aliphatic heterocycles. The summed E-state index contributed by atoms with van der Waals surface area (Å²) in [5.74, 6) is -0.554. The van der Waals surface area contributed by atoms with E-state index in [1.807, 2.05) is 27.7 Å². The molecule has 1 fully saturated rings. The number of hydrogen-bond acceptors (Lipinski definition) is 7. The highest BCUT2D eigenvalue weighted by Gasteiger charge is 2.44. The minimum absolute atomic E-state index is 0.0482. The third-order valence-corrected chi connectivity index (χ3v) is 7.33. The molecule has 0 aromatic carbocycles. The first-order valence-corrected chi connectivity index (χ1v) is 13.4. The minimum atomic E-state index is -4.14. The fourth-order valence-corrected chi connectivity index (χ4v) is 5.61. The average molecular weight is 513 g/mol. The summed E-state index contributed by atoms with van der Waals surface area (Å²) in [7, 11) is -4.14. The predicted octanol–water partition coefficient (Wildman–Crippen LogP) is 2.63. The van der Waals surface area contributed by atoms with Crippen LogP contribution in [-0.4, -0.2) is 65.3 Å². The molecule has 1 aromatic rings. The largest absolute Gasteiger partial charge is 0.444 e. The van der Waals surface area contributed by atoms with Crippen molar-refractivity contribution in [2.24, 2.45) is 11.3 Å². The Morgan fingerprint density at radius 2 is 1.94 bits per heavy atom. The summed E-state index contributed by atoms with van der Waals surface area (Å²) >= 11 is 0. The number of alkyl carbamates (subject to hydrolysis) is 1. The second kappa shape index (κ2) is 11.2. The smallest absolute Gasteiger partial charge is 0.408 e. The number of sulfonamides is 1. The summed E-state index contributed by atoms with van der Waals surface area (Å²) in [6, 6.07) is 3.58. The lowest BCUT2D eigenvalue weighted by atomic mass is 9.88. The molecule has 198 valence electrons. The zero-order valence-corrected chi connectivity index (χ0v) is 22.6. The van der Waals surface area contributed by atoms with Crippen LogP contribution in [0.25, 0.3) is 0 Å². The van der Waals surface area contributed by atoms with Crippen molar-refractivity contribution in [3.05, 3.63) is 24.4 Å². The van der Waals surface area contributed by atoms with Crippen molar-refractivity contribution in [2.75, 3.05) is 6.54 Å². The lowest BCUT2D eigenvalue weighted by Gasteiger charge is -2.35. The van der Waals surface area contributed by atoms with Gasteiger partial charge in [0.05, 0.1) is 6.10 Å². The Bertz CT molecular complexity index is 975. The Labute approximate surface area is 208 Å². The quantitative estimate of drug-likeness (QED) is 0.510. The first kappa shape index (κ1) is 29.0. The lowest BCUT2D eigenvalue weighted by molar-refractivity contribution is -0.126. The highest BCUT2D eigenvalue weighted by molar-refractivity contribution is 7.89. The van der Waals surface area contributed by atoms with Crippen molar-refractivity contribution in [2.45, 2.75) is 96.7 Å². The Kier molecular flexibility index (Phi) is 9.29. The van der Waals surface area contributed by atoms with E-state index < -0.39 is 51.4 Å². The van der Waals surface area contributed by atoms with Gasteiger partial charge in [0.2, 0.25) is 5.91 Å². The van der Waals surface area contributed by atoms with Gasteiger partial charge in [-0.05, 0) is 63.5 Å². The molecule has 0 aliphatic carbocycles. The van der Waals surface area contributed by atoms with Crippen molar-refractivity contribution >= 4 is 22.0 Å². The molecule has 2 rings (SSSR count). The van der Waals surface area contributed by atoms with Gasteiger partial charge in [-0.1, -0.05) is 33.8 Å². The SMILES string of the molecule is CC(C)CC(NC(=O)OC(C)(C)C)C(=O)NC1[C@@H](O)CCC(C)(C)CN1S(=O)(=O)c1ccccn1. The molecule has 11 heteroatoms. The van der Waals surface area contributed by atoms with Crippen LogP contribution in [0.2, 0.25) is 0 Å². The number of aromatic nitrogens is 1. The zero-order chi connectivity index (χ0) is 26.6. The van der Waals surface area contributed by atoms with Gasteiger partial charge in [-0.3, -0.25) is 4.79 Å². The van der Waals surface area contributed by atoms with E-state index in [2.05, 4.69) is 15.6 Å². The average Bonchev–Trinajstić information content (AvgIpc) is 2.83. The third-order valence-electron chi connectivity index (χ3n) is 5.59. The van der Waals surface area contributed by atoms with E-state index in [4.69, 9.17) is 4.74 Å². The Morgan fingerprint density at radius 1 is 1.29 bits per heavy atom. The molecule has 35 heavy (non-hydrogen) atoms. The second-order valence-corrected chi connectivity index (χ2v) is 13.1. The summed E-state index contributed by atoms with van der Waals surface area (Å²) in [5.41, 5.74) is -1.20. The number of carbonyl (C=O) groups is 2. The van der Waals surface area contributed by atoms with Crippen LogP contribution in [0.4, 0.5) is 4.79 Å². The van der Waals surface area contributed by atoms with Crippen molar-refractivity contribution in [3.8, 4) is 0 Å². The molecule has 1 aromatic heterocycles. The van der Waals surface area contributed by atoms with Crippen LogP contribution in [0.1, 0.15) is 67.7 Å². The van der Waals surface area contributed by atoms with Crippen LogP contribution in [-0.2, 0) is 19.6 Å². The molecule has 2 amide bonds. The minimum Gasteiger partial charge on any atom is -0.444 e. The monoisotopic (exact) mass is 512 g/mol. The highest BCUT2D eigenvalue weighted by atomic mass is 32.2. The molecule has 1 saturated heterocycles. The summed E-state index contributed by atoms with van der Waals surface area (Å²) in [4.78, 5) is 29.7. The second-order valence-electron chi connectivity index (χ2n) is 11.3. The molecule has 2 heterocycles.